The number of nitriles is 1. The largest absolute Gasteiger partial charge is 0.290 e. The molecule has 1 rings (SSSR count). The van der Waals surface area contributed by atoms with E-state index in [-0.39, 0.29) is 6.04 Å². The molecule has 0 heterocycles. The molecule has 0 aliphatic heterocycles. The third kappa shape index (κ3) is 2.48. The molecule has 0 aliphatic rings. The molecular formula is C10H10BrClN2. The highest BCUT2D eigenvalue weighted by molar-refractivity contribution is 9.10. The van der Waals surface area contributed by atoms with Crippen LogP contribution in [-0.2, 0) is 0 Å². The summed E-state index contributed by atoms with van der Waals surface area (Å²) in [4.78, 5) is 1.83. The van der Waals surface area contributed by atoms with Gasteiger partial charge in [0, 0.05) is 15.1 Å². The quantitative estimate of drug-likeness (QED) is 0.827. The molecule has 0 spiro atoms. The lowest BCUT2D eigenvalue weighted by Crippen LogP contribution is -2.18. The molecule has 1 atom stereocenters. The fourth-order valence-electron chi connectivity index (χ4n) is 1.19. The van der Waals surface area contributed by atoms with Gasteiger partial charge in [-0.15, -0.1) is 0 Å². The van der Waals surface area contributed by atoms with Crippen molar-refractivity contribution in [2.75, 3.05) is 14.1 Å². The zero-order chi connectivity index (χ0) is 10.7. The summed E-state index contributed by atoms with van der Waals surface area (Å²) in [5.74, 6) is 0. The predicted molar refractivity (Wildman–Crippen MR) is 61.2 cm³/mol. The van der Waals surface area contributed by atoms with Crippen LogP contribution in [0.5, 0.6) is 0 Å². The van der Waals surface area contributed by atoms with Crippen LogP contribution in [0.4, 0.5) is 0 Å². The average molecular weight is 274 g/mol. The van der Waals surface area contributed by atoms with Crippen molar-refractivity contribution in [1.29, 1.82) is 5.26 Å². The summed E-state index contributed by atoms with van der Waals surface area (Å²) in [6.45, 7) is 0. The normalized spacial score (nSPS) is 12.6. The Labute approximate surface area is 97.2 Å². The number of halogens is 2. The first-order chi connectivity index (χ1) is 6.56. The van der Waals surface area contributed by atoms with Crippen LogP contribution in [0.2, 0.25) is 5.02 Å². The Bertz CT molecular complexity index is 371. The minimum atomic E-state index is -0.296. The number of hydrogen-bond donors (Lipinski definition) is 0. The molecule has 0 saturated carbocycles. The third-order valence-electron chi connectivity index (χ3n) is 1.90. The van der Waals surface area contributed by atoms with Gasteiger partial charge in [-0.25, -0.2) is 0 Å². The Hall–Kier alpha value is -0.560. The highest BCUT2D eigenvalue weighted by Crippen LogP contribution is 2.28. The Balaban J connectivity index is 3.13. The summed E-state index contributed by atoms with van der Waals surface area (Å²) in [7, 11) is 3.71. The fraction of sp³-hybridized carbons (Fsp3) is 0.300. The number of nitrogens with zero attached hydrogens (tertiary/aromatic N) is 2. The van der Waals surface area contributed by atoms with Gasteiger partial charge in [0.05, 0.1) is 6.07 Å². The van der Waals surface area contributed by atoms with Crippen LogP contribution in [0, 0.1) is 11.3 Å². The van der Waals surface area contributed by atoms with Crippen molar-refractivity contribution >= 4 is 27.5 Å². The Morgan fingerprint density at radius 2 is 2.14 bits per heavy atom. The summed E-state index contributed by atoms with van der Waals surface area (Å²) >= 11 is 9.36. The molecule has 0 amide bonds. The second-order valence-corrected chi connectivity index (χ2v) is 4.48. The van der Waals surface area contributed by atoms with Gasteiger partial charge in [-0.2, -0.15) is 5.26 Å². The average Bonchev–Trinajstić information content (AvgIpc) is 2.09. The lowest BCUT2D eigenvalue weighted by atomic mass is 10.1. The van der Waals surface area contributed by atoms with Gasteiger partial charge < -0.3 is 0 Å². The molecule has 14 heavy (non-hydrogen) atoms. The predicted octanol–water partition coefficient (Wildman–Crippen LogP) is 3.23. The van der Waals surface area contributed by atoms with E-state index in [1.165, 1.54) is 0 Å². The van der Waals surface area contributed by atoms with Crippen molar-refractivity contribution in [3.8, 4) is 6.07 Å². The van der Waals surface area contributed by atoms with Gasteiger partial charge in [0.15, 0.2) is 0 Å². The van der Waals surface area contributed by atoms with Gasteiger partial charge in [0.1, 0.15) is 6.04 Å². The van der Waals surface area contributed by atoms with Crippen molar-refractivity contribution in [1.82, 2.24) is 4.90 Å². The fourth-order valence-corrected chi connectivity index (χ4v) is 1.96. The third-order valence-corrected chi connectivity index (χ3v) is 2.72. The monoisotopic (exact) mass is 272 g/mol. The van der Waals surface area contributed by atoms with Crippen molar-refractivity contribution in [3.63, 3.8) is 0 Å². The first-order valence-corrected chi connectivity index (χ1v) is 5.24. The van der Waals surface area contributed by atoms with Crippen LogP contribution in [0.25, 0.3) is 0 Å². The molecule has 0 aliphatic carbocycles. The molecule has 0 bridgehead atoms. The van der Waals surface area contributed by atoms with E-state index in [9.17, 15) is 0 Å². The number of benzene rings is 1. The molecule has 4 heteroatoms. The highest BCUT2D eigenvalue weighted by Gasteiger charge is 2.15. The minimum absolute atomic E-state index is 0.296. The first kappa shape index (κ1) is 11.5. The van der Waals surface area contributed by atoms with Crippen LogP contribution in [0.1, 0.15) is 11.6 Å². The Kier molecular flexibility index (Phi) is 3.94. The lowest BCUT2D eigenvalue weighted by molar-refractivity contribution is 0.358. The van der Waals surface area contributed by atoms with E-state index >= 15 is 0 Å². The molecule has 1 aromatic rings. The van der Waals surface area contributed by atoms with E-state index in [2.05, 4.69) is 22.0 Å². The molecule has 0 radical (unpaired) electrons. The molecule has 1 unspecified atom stereocenters. The van der Waals surface area contributed by atoms with E-state index in [1.54, 1.807) is 6.07 Å². The van der Waals surface area contributed by atoms with E-state index in [0.717, 1.165) is 10.0 Å². The molecule has 74 valence electrons. The smallest absolute Gasteiger partial charge is 0.124 e. The van der Waals surface area contributed by atoms with Crippen molar-refractivity contribution in [2.24, 2.45) is 0 Å². The van der Waals surface area contributed by atoms with E-state index < -0.39 is 0 Å². The number of hydrogen-bond acceptors (Lipinski definition) is 2. The molecule has 0 saturated heterocycles. The topological polar surface area (TPSA) is 27.0 Å². The van der Waals surface area contributed by atoms with Gasteiger partial charge in [-0.1, -0.05) is 33.6 Å². The van der Waals surface area contributed by atoms with Crippen LogP contribution in [0.15, 0.2) is 22.7 Å². The maximum atomic E-state index is 8.98. The summed E-state index contributed by atoms with van der Waals surface area (Å²) in [5.41, 5.74) is 0.836. The molecule has 1 aromatic carbocycles. The van der Waals surface area contributed by atoms with Gasteiger partial charge >= 0.3 is 0 Å². The maximum absolute atomic E-state index is 8.98. The Morgan fingerprint density at radius 3 is 2.57 bits per heavy atom. The van der Waals surface area contributed by atoms with E-state index in [1.807, 2.05) is 31.1 Å². The van der Waals surface area contributed by atoms with E-state index in [0.29, 0.717) is 5.02 Å². The van der Waals surface area contributed by atoms with Crippen molar-refractivity contribution < 1.29 is 0 Å². The molecule has 0 fully saturated rings. The second kappa shape index (κ2) is 4.79. The van der Waals surface area contributed by atoms with Crippen LogP contribution < -0.4 is 0 Å². The summed E-state index contributed by atoms with van der Waals surface area (Å²) in [6, 6.07) is 7.45. The molecule has 0 aromatic heterocycles. The minimum Gasteiger partial charge on any atom is -0.290 e. The zero-order valence-electron chi connectivity index (χ0n) is 7.96. The Morgan fingerprint density at radius 1 is 1.50 bits per heavy atom. The molecule has 2 nitrogen and oxygen atoms in total. The first-order valence-electron chi connectivity index (χ1n) is 4.07. The number of rotatable bonds is 2. The standard InChI is InChI=1S/C10H10BrClN2/c1-14(2)10(6-13)8-4-3-7(11)5-9(8)12/h3-5,10H,1-2H3. The van der Waals surface area contributed by atoms with Crippen LogP contribution in [-0.4, -0.2) is 19.0 Å². The van der Waals surface area contributed by atoms with E-state index in [4.69, 9.17) is 16.9 Å². The highest BCUT2D eigenvalue weighted by atomic mass is 79.9. The summed E-state index contributed by atoms with van der Waals surface area (Å²) < 4.78 is 0.918. The van der Waals surface area contributed by atoms with Crippen molar-refractivity contribution in [3.05, 3.63) is 33.3 Å². The van der Waals surface area contributed by atoms with Crippen LogP contribution in [0.3, 0.4) is 0 Å². The summed E-state index contributed by atoms with van der Waals surface area (Å²) in [6.07, 6.45) is 0. The van der Waals surface area contributed by atoms with Gasteiger partial charge in [0.25, 0.3) is 0 Å². The molecule has 0 N–H and O–H groups in total. The van der Waals surface area contributed by atoms with Crippen molar-refractivity contribution in [2.45, 2.75) is 6.04 Å². The summed E-state index contributed by atoms with van der Waals surface area (Å²) in [5, 5.41) is 9.59. The van der Waals surface area contributed by atoms with Gasteiger partial charge in [-0.05, 0) is 26.2 Å². The van der Waals surface area contributed by atoms with Crippen LogP contribution >= 0.6 is 27.5 Å². The second-order valence-electron chi connectivity index (χ2n) is 3.16. The van der Waals surface area contributed by atoms with Gasteiger partial charge in [0.2, 0.25) is 0 Å². The maximum Gasteiger partial charge on any atom is 0.124 e. The SMILES string of the molecule is CN(C)C(C#N)c1ccc(Br)cc1Cl. The lowest BCUT2D eigenvalue weighted by Gasteiger charge is -2.18. The zero-order valence-corrected chi connectivity index (χ0v) is 10.3. The van der Waals surface area contributed by atoms with Gasteiger partial charge in [-0.3, -0.25) is 4.90 Å². The molecular weight excluding hydrogens is 263 g/mol.